The Hall–Kier alpha value is -3.08. The number of fused-ring (bicyclic) bond motifs is 2. The van der Waals surface area contributed by atoms with Gasteiger partial charge < -0.3 is 23.8 Å². The molecule has 0 N–H and O–H groups in total. The second-order valence-corrected chi connectivity index (χ2v) is 12.4. The van der Waals surface area contributed by atoms with Crippen molar-refractivity contribution >= 4 is 15.9 Å². The van der Waals surface area contributed by atoms with E-state index in [9.17, 15) is 13.2 Å². The number of carbonyl (C=O) groups is 1. The van der Waals surface area contributed by atoms with Crippen LogP contribution in [0.25, 0.3) is 0 Å². The first-order valence-electron chi connectivity index (χ1n) is 12.7. The summed E-state index contributed by atoms with van der Waals surface area (Å²) >= 11 is 0. The van der Waals surface area contributed by atoms with E-state index in [1.165, 1.54) is 25.6 Å². The molecule has 1 unspecified atom stereocenters. The van der Waals surface area contributed by atoms with Gasteiger partial charge in [-0.2, -0.15) is 0 Å². The lowest BCUT2D eigenvalue weighted by Crippen LogP contribution is -2.50. The Labute approximate surface area is 217 Å². The number of ether oxygens (including phenoxy) is 4. The Morgan fingerprint density at radius 1 is 1.03 bits per heavy atom. The molecule has 1 aromatic heterocycles. The summed E-state index contributed by atoms with van der Waals surface area (Å²) in [6, 6.07) is 4.78. The van der Waals surface area contributed by atoms with Gasteiger partial charge in [-0.1, -0.05) is 0 Å². The first-order valence-corrected chi connectivity index (χ1v) is 14.3. The van der Waals surface area contributed by atoms with E-state index in [2.05, 4.69) is 9.97 Å². The highest BCUT2D eigenvalue weighted by Crippen LogP contribution is 2.41. The van der Waals surface area contributed by atoms with Crippen molar-refractivity contribution < 1.29 is 32.2 Å². The third-order valence-corrected chi connectivity index (χ3v) is 9.40. The van der Waals surface area contributed by atoms with Gasteiger partial charge in [-0.3, -0.25) is 0 Å². The molecule has 37 heavy (non-hydrogen) atoms. The molecule has 3 atom stereocenters. The van der Waals surface area contributed by atoms with Crippen LogP contribution in [-0.2, 0) is 14.6 Å². The van der Waals surface area contributed by atoms with Crippen LogP contribution in [0.3, 0.4) is 0 Å². The summed E-state index contributed by atoms with van der Waals surface area (Å²) in [7, 11) is -1.89. The average molecular weight is 532 g/mol. The molecule has 1 saturated carbocycles. The smallest absolute Gasteiger partial charge is 0.410 e. The zero-order chi connectivity index (χ0) is 26.3. The van der Waals surface area contributed by atoms with Crippen LogP contribution in [-0.4, -0.2) is 66.0 Å². The van der Waals surface area contributed by atoms with Crippen molar-refractivity contribution in [3.8, 4) is 23.3 Å². The lowest BCUT2D eigenvalue weighted by atomic mass is 10.0. The molecule has 3 heterocycles. The fourth-order valence-electron chi connectivity index (χ4n) is 5.17. The first kappa shape index (κ1) is 25.6. The summed E-state index contributed by atoms with van der Waals surface area (Å²) in [5.41, 5.74) is 0.619. The molecular weight excluding hydrogens is 498 g/mol. The number of nitrogens with zero attached hydrogens (tertiary/aromatic N) is 3. The van der Waals surface area contributed by atoms with Gasteiger partial charge in [-0.25, -0.2) is 23.2 Å². The normalized spacial score (nSPS) is 23.2. The van der Waals surface area contributed by atoms with Crippen molar-refractivity contribution in [1.29, 1.82) is 0 Å². The Bertz CT molecular complexity index is 1260. The maximum absolute atomic E-state index is 12.6. The molecule has 3 fully saturated rings. The van der Waals surface area contributed by atoms with E-state index in [0.29, 0.717) is 54.5 Å². The molecule has 2 aliphatic heterocycles. The van der Waals surface area contributed by atoms with Gasteiger partial charge in [0.2, 0.25) is 11.8 Å². The molecule has 2 bridgehead atoms. The Kier molecular flexibility index (Phi) is 6.91. The number of piperidine rings is 1. The number of methoxy groups -OCH3 is 1. The molecule has 1 aromatic carbocycles. The van der Waals surface area contributed by atoms with Gasteiger partial charge in [0.1, 0.15) is 12.4 Å². The topological polar surface area (TPSA) is 117 Å². The summed E-state index contributed by atoms with van der Waals surface area (Å²) in [5.74, 6) is 1.36. The van der Waals surface area contributed by atoms with Gasteiger partial charge in [-0.05, 0) is 58.6 Å². The molecule has 11 heteroatoms. The second kappa shape index (κ2) is 10.00. The third-order valence-electron chi connectivity index (χ3n) is 7.14. The standard InChI is InChI=1S/C26H33N3O7S/c1-15(2)34-26(30)29-17-5-6-18(29)12-19(11-17)35-24-16(3)25(28-14-27-24)36-22-10-9-21(13-23(22)33-4)37(31,32)20-7-8-20/h9-10,13-15,17-20H,5-8,11-12H2,1-4H3/t17-,18?,19+/m0/s1. The summed E-state index contributed by atoms with van der Waals surface area (Å²) < 4.78 is 48.4. The number of sulfone groups is 1. The number of benzene rings is 1. The minimum atomic E-state index is -3.35. The highest BCUT2D eigenvalue weighted by molar-refractivity contribution is 7.92. The number of hydrogen-bond donors (Lipinski definition) is 0. The molecule has 5 rings (SSSR count). The zero-order valence-corrected chi connectivity index (χ0v) is 22.4. The van der Waals surface area contributed by atoms with Crippen LogP contribution in [0, 0.1) is 6.92 Å². The van der Waals surface area contributed by atoms with Crippen LogP contribution >= 0.6 is 0 Å². The van der Waals surface area contributed by atoms with E-state index in [-0.39, 0.29) is 40.5 Å². The molecular formula is C26H33N3O7S. The molecule has 200 valence electrons. The van der Waals surface area contributed by atoms with Crippen molar-refractivity contribution in [3.63, 3.8) is 0 Å². The van der Waals surface area contributed by atoms with Gasteiger partial charge in [0.25, 0.3) is 0 Å². The van der Waals surface area contributed by atoms with Crippen LogP contribution < -0.4 is 14.2 Å². The second-order valence-electron chi connectivity index (χ2n) is 10.2. The minimum absolute atomic E-state index is 0.0857. The molecule has 2 aromatic rings. The van der Waals surface area contributed by atoms with Gasteiger partial charge in [-0.15, -0.1) is 0 Å². The Balaban J connectivity index is 1.29. The molecule has 0 radical (unpaired) electrons. The molecule has 2 saturated heterocycles. The summed E-state index contributed by atoms with van der Waals surface area (Å²) in [6.45, 7) is 5.52. The fraction of sp³-hybridized carbons (Fsp3) is 0.577. The highest BCUT2D eigenvalue weighted by Gasteiger charge is 2.45. The van der Waals surface area contributed by atoms with Crippen LogP contribution in [0.4, 0.5) is 4.79 Å². The monoisotopic (exact) mass is 531 g/mol. The summed E-state index contributed by atoms with van der Waals surface area (Å²) in [6.07, 6.45) is 5.52. The fourth-order valence-corrected chi connectivity index (χ4v) is 6.84. The highest BCUT2D eigenvalue weighted by atomic mass is 32.2. The Morgan fingerprint density at radius 3 is 2.32 bits per heavy atom. The molecule has 3 aliphatic rings. The summed E-state index contributed by atoms with van der Waals surface area (Å²) in [5, 5.41) is -0.309. The van der Waals surface area contributed by atoms with Crippen LogP contribution in [0.5, 0.6) is 23.3 Å². The minimum Gasteiger partial charge on any atom is -0.493 e. The van der Waals surface area contributed by atoms with Crippen molar-refractivity contribution in [3.05, 3.63) is 30.1 Å². The van der Waals surface area contributed by atoms with Crippen molar-refractivity contribution in [2.24, 2.45) is 0 Å². The molecule has 0 spiro atoms. The predicted octanol–water partition coefficient (Wildman–Crippen LogP) is 4.44. The predicted molar refractivity (Wildman–Crippen MR) is 134 cm³/mol. The van der Waals surface area contributed by atoms with Crippen LogP contribution in [0.1, 0.15) is 57.9 Å². The van der Waals surface area contributed by atoms with Crippen LogP contribution in [0.15, 0.2) is 29.4 Å². The number of amides is 1. The molecule has 10 nitrogen and oxygen atoms in total. The quantitative estimate of drug-likeness (QED) is 0.487. The van der Waals surface area contributed by atoms with Gasteiger partial charge in [0.15, 0.2) is 21.3 Å². The van der Waals surface area contributed by atoms with Gasteiger partial charge in [0.05, 0.1) is 28.9 Å². The first-order chi connectivity index (χ1) is 17.7. The molecule has 1 aliphatic carbocycles. The number of carbonyl (C=O) groups excluding carboxylic acids is 1. The van der Waals surface area contributed by atoms with E-state index in [4.69, 9.17) is 18.9 Å². The van der Waals surface area contributed by atoms with Gasteiger partial charge in [0, 0.05) is 31.0 Å². The largest absolute Gasteiger partial charge is 0.493 e. The van der Waals surface area contributed by atoms with Crippen molar-refractivity contribution in [2.75, 3.05) is 7.11 Å². The number of aromatic nitrogens is 2. The SMILES string of the molecule is COc1cc(S(=O)(=O)C2CC2)ccc1Oc1ncnc(O[C@H]2CC3CC[C@@H](C2)N3C(=O)OC(C)C)c1C. The number of rotatable bonds is 8. The van der Waals surface area contributed by atoms with E-state index < -0.39 is 9.84 Å². The van der Waals surface area contributed by atoms with E-state index in [0.717, 1.165) is 12.8 Å². The number of hydrogen-bond acceptors (Lipinski definition) is 9. The van der Waals surface area contributed by atoms with Crippen molar-refractivity contribution in [1.82, 2.24) is 14.9 Å². The maximum Gasteiger partial charge on any atom is 0.410 e. The van der Waals surface area contributed by atoms with E-state index in [1.807, 2.05) is 25.7 Å². The lowest BCUT2D eigenvalue weighted by Gasteiger charge is -2.38. The molecule has 1 amide bonds. The Morgan fingerprint density at radius 2 is 1.70 bits per heavy atom. The van der Waals surface area contributed by atoms with Gasteiger partial charge >= 0.3 is 6.09 Å². The van der Waals surface area contributed by atoms with Crippen LogP contribution in [0.2, 0.25) is 0 Å². The third kappa shape index (κ3) is 5.18. The van der Waals surface area contributed by atoms with Crippen molar-refractivity contribution in [2.45, 2.75) is 93.7 Å². The average Bonchev–Trinajstić information content (AvgIpc) is 3.67. The van der Waals surface area contributed by atoms with E-state index in [1.54, 1.807) is 6.07 Å². The van der Waals surface area contributed by atoms with E-state index >= 15 is 0 Å². The maximum atomic E-state index is 12.6. The lowest BCUT2D eigenvalue weighted by molar-refractivity contribution is 0.0206. The zero-order valence-electron chi connectivity index (χ0n) is 21.5. The summed E-state index contributed by atoms with van der Waals surface area (Å²) in [4.78, 5) is 23.2.